The maximum Gasteiger partial charge on any atom is 0.233 e. The second kappa shape index (κ2) is 6.42. The topological polar surface area (TPSA) is 98.2 Å². The highest BCUT2D eigenvalue weighted by atomic mass is 16.2. The van der Waals surface area contributed by atoms with E-state index in [1.165, 1.54) is 0 Å². The summed E-state index contributed by atoms with van der Waals surface area (Å²) >= 11 is 0. The van der Waals surface area contributed by atoms with Crippen LogP contribution in [0.15, 0.2) is 0 Å². The van der Waals surface area contributed by atoms with E-state index in [-0.39, 0.29) is 17.2 Å². The first-order chi connectivity index (χ1) is 5.75. The highest BCUT2D eigenvalue weighted by Gasteiger charge is 2.16. The number of hydrogen-bond acceptors (Lipinski definition) is 3. The minimum absolute atomic E-state index is 0.130. The fourth-order valence-electron chi connectivity index (χ4n) is 0.102. The predicted molar refractivity (Wildman–Crippen MR) is 51.3 cm³/mol. The third kappa shape index (κ3) is 10.9. The van der Waals surface area contributed by atoms with Gasteiger partial charge in [-0.15, -0.1) is 0 Å². The van der Waals surface area contributed by atoms with E-state index in [9.17, 15) is 9.59 Å². The summed E-state index contributed by atoms with van der Waals surface area (Å²) in [6.45, 7) is 7.10. The molecule has 0 aromatic heterocycles. The third-order valence-electron chi connectivity index (χ3n) is 1.22. The molecule has 0 aliphatic carbocycles. The minimum atomic E-state index is -0.361. The number of nitrogens with one attached hydrogen (secondary N) is 1. The molecule has 0 saturated carbocycles. The van der Waals surface area contributed by atoms with E-state index in [1.54, 1.807) is 27.7 Å². The number of nitrogens with two attached hydrogens (primary N) is 2. The van der Waals surface area contributed by atoms with E-state index in [2.05, 4.69) is 5.84 Å². The Hall–Kier alpha value is -1.10. The molecule has 0 rings (SSSR count). The average Bonchev–Trinajstić information content (AvgIpc) is 2.02. The largest absolute Gasteiger partial charge is 0.369 e. The molecule has 0 atom stereocenters. The maximum atomic E-state index is 10.2. The standard InChI is InChI=1S/C5H11NO.C3H8N2O/c1-5(2,3)4(6)7;1-2-3(6)5-4/h1-3H3,(H2,6,7);2,4H2,1H3,(H,5,6). The van der Waals surface area contributed by atoms with Gasteiger partial charge in [0.05, 0.1) is 0 Å². The zero-order chi connectivity index (χ0) is 11.1. The Morgan fingerprint density at radius 3 is 1.62 bits per heavy atom. The lowest BCUT2D eigenvalue weighted by atomic mass is 9.96. The molecule has 0 radical (unpaired) electrons. The summed E-state index contributed by atoms with van der Waals surface area (Å²) in [4.78, 5) is 20.2. The monoisotopic (exact) mass is 189 g/mol. The number of rotatable bonds is 1. The molecule has 0 aromatic rings. The van der Waals surface area contributed by atoms with Crippen molar-refractivity contribution in [2.45, 2.75) is 34.1 Å². The van der Waals surface area contributed by atoms with Crippen molar-refractivity contribution < 1.29 is 9.59 Å². The molecule has 0 aliphatic heterocycles. The first kappa shape index (κ1) is 14.4. The van der Waals surface area contributed by atoms with Gasteiger partial charge in [-0.25, -0.2) is 5.84 Å². The van der Waals surface area contributed by atoms with Crippen molar-refractivity contribution in [3.8, 4) is 0 Å². The first-order valence-corrected chi connectivity index (χ1v) is 4.05. The van der Waals surface area contributed by atoms with Gasteiger partial charge in [0.1, 0.15) is 0 Å². The van der Waals surface area contributed by atoms with Gasteiger partial charge in [-0.3, -0.25) is 15.0 Å². The lowest BCUT2D eigenvalue weighted by molar-refractivity contribution is -0.125. The molecule has 0 saturated heterocycles. The number of hydrazine groups is 1. The SMILES string of the molecule is CC(C)(C)C(N)=O.CCC(=O)NN. The van der Waals surface area contributed by atoms with Gasteiger partial charge in [-0.2, -0.15) is 0 Å². The zero-order valence-electron chi connectivity index (χ0n) is 8.68. The Labute approximate surface area is 78.8 Å². The van der Waals surface area contributed by atoms with Gasteiger partial charge in [-0.05, 0) is 0 Å². The number of carbonyl (C=O) groups is 2. The normalized spacial score (nSPS) is 9.62. The van der Waals surface area contributed by atoms with Gasteiger partial charge in [-0.1, -0.05) is 27.7 Å². The van der Waals surface area contributed by atoms with E-state index in [0.29, 0.717) is 6.42 Å². The molecule has 0 aliphatic rings. The highest BCUT2D eigenvalue weighted by Crippen LogP contribution is 2.09. The smallest absolute Gasteiger partial charge is 0.233 e. The zero-order valence-corrected chi connectivity index (χ0v) is 8.68. The van der Waals surface area contributed by atoms with Crippen LogP contribution in [0.5, 0.6) is 0 Å². The van der Waals surface area contributed by atoms with Crippen LogP contribution < -0.4 is 17.0 Å². The van der Waals surface area contributed by atoms with Gasteiger partial charge < -0.3 is 5.73 Å². The van der Waals surface area contributed by atoms with Crippen molar-refractivity contribution in [3.05, 3.63) is 0 Å². The number of amides is 2. The molecule has 5 nitrogen and oxygen atoms in total. The van der Waals surface area contributed by atoms with Gasteiger partial charge in [0.2, 0.25) is 11.8 Å². The van der Waals surface area contributed by atoms with Crippen molar-refractivity contribution in [3.63, 3.8) is 0 Å². The molecule has 0 bridgehead atoms. The summed E-state index contributed by atoms with van der Waals surface area (Å²) in [5.41, 5.74) is 6.55. The minimum Gasteiger partial charge on any atom is -0.369 e. The van der Waals surface area contributed by atoms with Crippen LogP contribution in [0.3, 0.4) is 0 Å². The van der Waals surface area contributed by atoms with Crippen LogP contribution in [0.2, 0.25) is 0 Å². The predicted octanol–water partition coefficient (Wildman–Crippen LogP) is -0.0959. The summed E-state index contributed by atoms with van der Waals surface area (Å²) in [6.07, 6.45) is 0.455. The van der Waals surface area contributed by atoms with E-state index < -0.39 is 0 Å². The van der Waals surface area contributed by atoms with Crippen LogP contribution in [0.4, 0.5) is 0 Å². The van der Waals surface area contributed by atoms with Crippen LogP contribution in [-0.2, 0) is 9.59 Å². The van der Waals surface area contributed by atoms with Crippen molar-refractivity contribution in [2.75, 3.05) is 0 Å². The Morgan fingerprint density at radius 1 is 1.31 bits per heavy atom. The lowest BCUT2D eigenvalue weighted by Crippen LogP contribution is -2.28. The molecule has 78 valence electrons. The Kier molecular flexibility index (Phi) is 7.12. The van der Waals surface area contributed by atoms with E-state index in [4.69, 9.17) is 5.73 Å². The van der Waals surface area contributed by atoms with Crippen molar-refractivity contribution >= 4 is 11.8 Å². The summed E-state index contributed by atoms with van der Waals surface area (Å²) in [5, 5.41) is 0. The van der Waals surface area contributed by atoms with Crippen molar-refractivity contribution in [2.24, 2.45) is 17.0 Å². The molecule has 0 heterocycles. The van der Waals surface area contributed by atoms with Gasteiger partial charge in [0.15, 0.2) is 0 Å². The Bertz CT molecular complexity index is 167. The summed E-state index contributed by atoms with van der Waals surface area (Å²) in [7, 11) is 0. The quantitative estimate of drug-likeness (QED) is 0.305. The molecular weight excluding hydrogens is 170 g/mol. The number of carbonyl (C=O) groups excluding carboxylic acids is 2. The molecule has 5 heteroatoms. The molecule has 5 N–H and O–H groups in total. The van der Waals surface area contributed by atoms with Crippen molar-refractivity contribution in [1.82, 2.24) is 5.43 Å². The molecule has 2 amide bonds. The van der Waals surface area contributed by atoms with Crippen molar-refractivity contribution in [1.29, 1.82) is 0 Å². The molecule has 0 spiro atoms. The van der Waals surface area contributed by atoms with Gasteiger partial charge in [0.25, 0.3) is 0 Å². The van der Waals surface area contributed by atoms with E-state index >= 15 is 0 Å². The van der Waals surface area contributed by atoms with Gasteiger partial charge in [0, 0.05) is 11.8 Å². The second-order valence-corrected chi connectivity index (χ2v) is 3.54. The maximum absolute atomic E-state index is 10.2. The third-order valence-corrected chi connectivity index (χ3v) is 1.22. The van der Waals surface area contributed by atoms with Crippen LogP contribution in [0, 0.1) is 5.41 Å². The lowest BCUT2D eigenvalue weighted by Gasteiger charge is -2.10. The molecular formula is C8H19N3O2. The van der Waals surface area contributed by atoms with Crippen LogP contribution in [0.1, 0.15) is 34.1 Å². The van der Waals surface area contributed by atoms with Gasteiger partial charge >= 0.3 is 0 Å². The summed E-state index contributed by atoms with van der Waals surface area (Å²) < 4.78 is 0. The van der Waals surface area contributed by atoms with Crippen LogP contribution in [-0.4, -0.2) is 11.8 Å². The molecule has 0 aromatic carbocycles. The second-order valence-electron chi connectivity index (χ2n) is 3.54. The fourth-order valence-corrected chi connectivity index (χ4v) is 0.102. The Morgan fingerprint density at radius 2 is 1.62 bits per heavy atom. The average molecular weight is 189 g/mol. The molecule has 0 fully saturated rings. The van der Waals surface area contributed by atoms with E-state index in [1.807, 2.05) is 5.43 Å². The summed E-state index contributed by atoms with van der Waals surface area (Å²) in [6, 6.07) is 0. The number of primary amides is 1. The van der Waals surface area contributed by atoms with E-state index in [0.717, 1.165) is 0 Å². The summed E-state index contributed by atoms with van der Waals surface area (Å²) in [5.74, 6) is 4.30. The van der Waals surface area contributed by atoms with Crippen LogP contribution >= 0.6 is 0 Å². The Balaban J connectivity index is 0. The highest BCUT2D eigenvalue weighted by molar-refractivity contribution is 5.79. The van der Waals surface area contributed by atoms with Crippen LogP contribution in [0.25, 0.3) is 0 Å². The molecule has 13 heavy (non-hydrogen) atoms. The number of hydrogen-bond donors (Lipinski definition) is 3. The fraction of sp³-hybridized carbons (Fsp3) is 0.750. The molecule has 0 unspecified atom stereocenters. The first-order valence-electron chi connectivity index (χ1n) is 4.05.